The zero-order valence-corrected chi connectivity index (χ0v) is 20.2. The lowest BCUT2D eigenvalue weighted by Crippen LogP contribution is -2.34. The van der Waals surface area contributed by atoms with Crippen LogP contribution in [0.1, 0.15) is 38.9 Å². The fourth-order valence-electron chi connectivity index (χ4n) is 5.32. The second-order valence-electron chi connectivity index (χ2n) is 9.46. The number of aryl methyl sites for hydroxylation is 1. The average Bonchev–Trinajstić information content (AvgIpc) is 2.93. The first kappa shape index (κ1) is 21.4. The summed E-state index contributed by atoms with van der Waals surface area (Å²) in [5, 5.41) is 2.42. The summed E-state index contributed by atoms with van der Waals surface area (Å²) in [5.74, 6) is 0.959. The molecule has 0 saturated heterocycles. The molecular formula is C34H28O. The van der Waals surface area contributed by atoms with Gasteiger partial charge in [-0.2, -0.15) is 0 Å². The average molecular weight is 453 g/mol. The van der Waals surface area contributed by atoms with Gasteiger partial charge >= 0.3 is 0 Å². The van der Waals surface area contributed by atoms with Crippen molar-refractivity contribution >= 4 is 16.8 Å². The van der Waals surface area contributed by atoms with Gasteiger partial charge in [0.25, 0.3) is 0 Å². The van der Waals surface area contributed by atoms with E-state index in [1.54, 1.807) is 0 Å². The Hall–Kier alpha value is -4.10. The first-order valence-electron chi connectivity index (χ1n) is 12.2. The second-order valence-corrected chi connectivity index (χ2v) is 9.46. The van der Waals surface area contributed by atoms with E-state index in [9.17, 15) is 0 Å². The molecule has 5 aromatic rings. The van der Waals surface area contributed by atoms with Gasteiger partial charge in [0, 0.05) is 22.1 Å². The third-order valence-electron chi connectivity index (χ3n) is 7.25. The highest BCUT2D eigenvalue weighted by Gasteiger charge is 2.38. The fraction of sp³-hybridized carbons (Fsp3) is 0.118. The van der Waals surface area contributed by atoms with Crippen molar-refractivity contribution in [2.75, 3.05) is 0 Å². The molecule has 6 rings (SSSR count). The molecule has 0 aliphatic carbocycles. The Balaban J connectivity index is 1.57. The summed E-state index contributed by atoms with van der Waals surface area (Å²) in [5.41, 5.74) is 8.00. The Labute approximate surface area is 207 Å². The van der Waals surface area contributed by atoms with Crippen LogP contribution in [-0.2, 0) is 12.0 Å². The van der Waals surface area contributed by atoms with E-state index >= 15 is 0 Å². The van der Waals surface area contributed by atoms with E-state index < -0.39 is 5.60 Å². The normalized spacial score (nSPS) is 13.9. The topological polar surface area (TPSA) is 9.23 Å². The third-order valence-corrected chi connectivity index (χ3v) is 7.25. The molecule has 1 aliphatic rings. The first-order chi connectivity index (χ1) is 17.2. The standard InChI is InChI=1S/C34H28O/c1-24-17-19-26(20-18-24)23-32-25(2)29-21-22-34(27-11-5-3-6-12-27,28-13-7-4-8-14-28)35-33(29)31-16-10-9-15-30(31)32/h3-22H,23H2,1-2H3. The first-order valence-corrected chi connectivity index (χ1v) is 12.2. The van der Waals surface area contributed by atoms with Crippen molar-refractivity contribution < 1.29 is 4.74 Å². The molecule has 1 heterocycles. The predicted octanol–water partition coefficient (Wildman–Crippen LogP) is 8.40. The molecule has 0 unspecified atom stereocenters. The zero-order chi connectivity index (χ0) is 23.8. The molecule has 1 heteroatoms. The lowest BCUT2D eigenvalue weighted by Gasteiger charge is -2.37. The van der Waals surface area contributed by atoms with Crippen LogP contribution in [0, 0.1) is 13.8 Å². The lowest BCUT2D eigenvalue weighted by atomic mass is 9.81. The maximum Gasteiger partial charge on any atom is 0.178 e. The largest absolute Gasteiger partial charge is 0.472 e. The summed E-state index contributed by atoms with van der Waals surface area (Å²) in [6.07, 6.45) is 5.41. The second kappa shape index (κ2) is 8.60. The fourth-order valence-corrected chi connectivity index (χ4v) is 5.32. The molecule has 0 N–H and O–H groups in total. The number of rotatable bonds is 4. The van der Waals surface area contributed by atoms with Crippen LogP contribution in [0.15, 0.2) is 115 Å². The van der Waals surface area contributed by atoms with Gasteiger partial charge in [0.2, 0.25) is 0 Å². The molecule has 35 heavy (non-hydrogen) atoms. The Kier molecular flexibility index (Phi) is 5.26. The van der Waals surface area contributed by atoms with Crippen molar-refractivity contribution in [2.24, 2.45) is 0 Å². The molecular weight excluding hydrogens is 424 g/mol. The molecule has 1 nitrogen and oxygen atoms in total. The maximum atomic E-state index is 7.12. The molecule has 1 aliphatic heterocycles. The Bertz CT molecular complexity index is 1490. The number of benzene rings is 5. The molecule has 0 atom stereocenters. The zero-order valence-electron chi connectivity index (χ0n) is 20.2. The van der Waals surface area contributed by atoms with E-state index in [0.717, 1.165) is 28.7 Å². The van der Waals surface area contributed by atoms with Crippen molar-refractivity contribution in [1.82, 2.24) is 0 Å². The van der Waals surface area contributed by atoms with Crippen LogP contribution in [0.2, 0.25) is 0 Å². The Morgan fingerprint density at radius 2 is 1.20 bits per heavy atom. The van der Waals surface area contributed by atoms with Gasteiger partial charge < -0.3 is 4.74 Å². The quantitative estimate of drug-likeness (QED) is 0.266. The number of hydrogen-bond acceptors (Lipinski definition) is 1. The number of fused-ring (bicyclic) bond motifs is 3. The van der Waals surface area contributed by atoms with Crippen molar-refractivity contribution in [3.8, 4) is 5.75 Å². The maximum absolute atomic E-state index is 7.12. The van der Waals surface area contributed by atoms with E-state index in [-0.39, 0.29) is 0 Å². The Morgan fingerprint density at radius 3 is 1.83 bits per heavy atom. The minimum absolute atomic E-state index is 0.677. The molecule has 0 fully saturated rings. The van der Waals surface area contributed by atoms with Crippen LogP contribution in [0.3, 0.4) is 0 Å². The predicted molar refractivity (Wildman–Crippen MR) is 146 cm³/mol. The number of hydrogen-bond donors (Lipinski definition) is 0. The highest BCUT2D eigenvalue weighted by molar-refractivity contribution is 5.97. The molecule has 0 bridgehead atoms. The SMILES string of the molecule is Cc1ccc(Cc2c(C)c3c(c4ccccc24)OC(c2ccccc2)(c2ccccc2)C=C3)cc1. The van der Waals surface area contributed by atoms with E-state index in [1.165, 1.54) is 33.2 Å². The summed E-state index contributed by atoms with van der Waals surface area (Å²) in [4.78, 5) is 0. The van der Waals surface area contributed by atoms with E-state index in [0.29, 0.717) is 0 Å². The minimum atomic E-state index is -0.677. The van der Waals surface area contributed by atoms with Gasteiger partial charge in [-0.15, -0.1) is 0 Å². The van der Waals surface area contributed by atoms with Crippen LogP contribution >= 0.6 is 0 Å². The van der Waals surface area contributed by atoms with Crippen molar-refractivity contribution in [3.63, 3.8) is 0 Å². The molecule has 0 amide bonds. The van der Waals surface area contributed by atoms with Gasteiger partial charge in [0.1, 0.15) is 5.75 Å². The van der Waals surface area contributed by atoms with Gasteiger partial charge in [-0.25, -0.2) is 0 Å². The van der Waals surface area contributed by atoms with Crippen LogP contribution in [0.5, 0.6) is 5.75 Å². The lowest BCUT2D eigenvalue weighted by molar-refractivity contribution is 0.163. The van der Waals surface area contributed by atoms with Crippen molar-refractivity contribution in [3.05, 3.63) is 154 Å². The molecule has 0 spiro atoms. The molecule has 0 aromatic heterocycles. The molecule has 0 radical (unpaired) electrons. The van der Waals surface area contributed by atoms with Gasteiger partial charge in [0.15, 0.2) is 5.60 Å². The summed E-state index contributed by atoms with van der Waals surface area (Å²) in [6, 6.07) is 38.6. The van der Waals surface area contributed by atoms with Crippen LogP contribution in [-0.4, -0.2) is 0 Å². The van der Waals surface area contributed by atoms with E-state index in [2.05, 4.69) is 135 Å². The van der Waals surface area contributed by atoms with Gasteiger partial charge in [0.05, 0.1) is 0 Å². The summed E-state index contributed by atoms with van der Waals surface area (Å²) in [7, 11) is 0. The van der Waals surface area contributed by atoms with Gasteiger partial charge in [-0.1, -0.05) is 121 Å². The highest BCUT2D eigenvalue weighted by Crippen LogP contribution is 2.47. The van der Waals surface area contributed by atoms with Gasteiger partial charge in [-0.3, -0.25) is 0 Å². The molecule has 0 saturated carbocycles. The summed E-state index contributed by atoms with van der Waals surface area (Å²) < 4.78 is 7.12. The third kappa shape index (κ3) is 3.65. The summed E-state index contributed by atoms with van der Waals surface area (Å²) >= 11 is 0. The van der Waals surface area contributed by atoms with Crippen LogP contribution in [0.4, 0.5) is 0 Å². The van der Waals surface area contributed by atoms with Crippen LogP contribution in [0.25, 0.3) is 16.8 Å². The van der Waals surface area contributed by atoms with E-state index in [4.69, 9.17) is 4.74 Å². The van der Waals surface area contributed by atoms with Gasteiger partial charge in [-0.05, 0) is 48.4 Å². The van der Waals surface area contributed by atoms with Crippen molar-refractivity contribution in [2.45, 2.75) is 25.9 Å². The number of ether oxygens (including phenoxy) is 1. The highest BCUT2D eigenvalue weighted by atomic mass is 16.5. The minimum Gasteiger partial charge on any atom is -0.472 e. The molecule has 5 aromatic carbocycles. The molecule has 170 valence electrons. The Morgan fingerprint density at radius 1 is 0.629 bits per heavy atom. The van der Waals surface area contributed by atoms with Crippen molar-refractivity contribution in [1.29, 1.82) is 0 Å². The van der Waals surface area contributed by atoms with E-state index in [1.807, 2.05) is 0 Å². The smallest absolute Gasteiger partial charge is 0.178 e. The van der Waals surface area contributed by atoms with Crippen LogP contribution < -0.4 is 4.74 Å². The summed E-state index contributed by atoms with van der Waals surface area (Å²) in [6.45, 7) is 4.37. The monoisotopic (exact) mass is 452 g/mol.